The third-order valence-corrected chi connectivity index (χ3v) is 4.91. The lowest BCUT2D eigenvalue weighted by Gasteiger charge is -2.26. The van der Waals surface area contributed by atoms with Crippen LogP contribution in [0.1, 0.15) is 20.8 Å². The zero-order valence-electron chi connectivity index (χ0n) is 10.4. The summed E-state index contributed by atoms with van der Waals surface area (Å²) in [6, 6.07) is -1.21. The molecular weight excluding hydrogens is 252 g/mol. The summed E-state index contributed by atoms with van der Waals surface area (Å²) in [5.74, 6) is 0. The number of halogens is 2. The van der Waals surface area contributed by atoms with Gasteiger partial charge in [0.05, 0.1) is 21.8 Å². The van der Waals surface area contributed by atoms with Gasteiger partial charge in [-0.05, 0) is 39.9 Å². The third-order valence-electron chi connectivity index (χ3n) is 1.84. The first-order valence-electron chi connectivity index (χ1n) is 5.12. The largest absolute Gasteiger partial charge is 0.432 e. The Kier molecular flexibility index (Phi) is 5.71. The van der Waals surface area contributed by atoms with E-state index in [2.05, 4.69) is 4.72 Å². The predicted molar refractivity (Wildman–Crippen MR) is 65.3 cm³/mol. The Morgan fingerprint density at radius 1 is 1.38 bits per heavy atom. The summed E-state index contributed by atoms with van der Waals surface area (Å²) in [5.41, 5.74) is 0. The predicted octanol–water partition coefficient (Wildman–Crippen LogP) is 1.87. The maximum atomic E-state index is 12.7. The summed E-state index contributed by atoms with van der Waals surface area (Å²) in [4.78, 5) is 9.62. The van der Waals surface area contributed by atoms with Gasteiger partial charge in [0.2, 0.25) is 0 Å². The van der Waals surface area contributed by atoms with Crippen LogP contribution < -0.4 is 4.72 Å². The highest BCUT2D eigenvalue weighted by Gasteiger charge is 2.32. The van der Waals surface area contributed by atoms with Crippen LogP contribution in [0.2, 0.25) is 19.1 Å². The second-order valence-electron chi connectivity index (χ2n) is 5.46. The van der Waals surface area contributed by atoms with E-state index < -0.39 is 36.5 Å². The molecule has 0 aliphatic heterocycles. The molecule has 3 nitrogen and oxygen atoms in total. The first-order chi connectivity index (χ1) is 6.93. The zero-order chi connectivity index (χ0) is 13.1. The average Bonchev–Trinajstić information content (AvgIpc) is 1.98. The average molecular weight is 273 g/mol. The Bertz CT molecular complexity index is 251. The van der Waals surface area contributed by atoms with Crippen molar-refractivity contribution in [3.8, 4) is 0 Å². The highest BCUT2D eigenvalue weighted by molar-refractivity contribution is 7.84. The van der Waals surface area contributed by atoms with Crippen molar-refractivity contribution in [3.63, 3.8) is 0 Å². The fourth-order valence-corrected chi connectivity index (χ4v) is 3.35. The minimum absolute atomic E-state index is 0.00745. The summed E-state index contributed by atoms with van der Waals surface area (Å²) >= 11 is 0. The van der Waals surface area contributed by atoms with Crippen LogP contribution in [-0.2, 0) is 11.0 Å². The van der Waals surface area contributed by atoms with Crippen LogP contribution in [0, 0.1) is 0 Å². The molecule has 0 aliphatic rings. The van der Waals surface area contributed by atoms with E-state index >= 15 is 0 Å². The van der Waals surface area contributed by atoms with Gasteiger partial charge in [0.25, 0.3) is 6.43 Å². The molecule has 0 saturated carbocycles. The molecule has 0 bridgehead atoms. The lowest BCUT2D eigenvalue weighted by Crippen LogP contribution is -2.47. The number of alkyl halides is 2. The Morgan fingerprint density at radius 3 is 2.06 bits per heavy atom. The van der Waals surface area contributed by atoms with Crippen molar-refractivity contribution in [2.75, 3.05) is 0 Å². The van der Waals surface area contributed by atoms with Gasteiger partial charge >= 0.3 is 0 Å². The molecule has 7 heteroatoms. The molecule has 2 atom stereocenters. The van der Waals surface area contributed by atoms with Gasteiger partial charge < -0.3 is 4.80 Å². The number of hydrogen-bond donors (Lipinski definition) is 2. The van der Waals surface area contributed by atoms with Gasteiger partial charge in [-0.15, -0.1) is 0 Å². The maximum absolute atomic E-state index is 12.7. The molecule has 0 saturated heterocycles. The monoisotopic (exact) mass is 273 g/mol. The van der Waals surface area contributed by atoms with E-state index in [0.717, 1.165) is 0 Å². The van der Waals surface area contributed by atoms with Crippen molar-refractivity contribution >= 4 is 19.3 Å². The fourth-order valence-electron chi connectivity index (χ4n) is 1.03. The van der Waals surface area contributed by atoms with Gasteiger partial charge in [0, 0.05) is 0 Å². The normalized spacial score (nSPS) is 17.6. The van der Waals surface area contributed by atoms with Crippen LogP contribution in [0.4, 0.5) is 8.78 Å². The van der Waals surface area contributed by atoms with E-state index in [4.69, 9.17) is 0 Å². The van der Waals surface area contributed by atoms with E-state index in [1.165, 1.54) is 0 Å². The molecule has 16 heavy (non-hydrogen) atoms. The molecule has 0 radical (unpaired) electrons. The van der Waals surface area contributed by atoms with Crippen LogP contribution in [-0.4, -0.2) is 34.5 Å². The topological polar surface area (TPSA) is 49.3 Å². The minimum atomic E-state index is -2.62. The molecule has 0 aromatic rings. The van der Waals surface area contributed by atoms with E-state index in [0.29, 0.717) is 0 Å². The Hall–Kier alpha value is 0.147. The molecule has 0 fully saturated rings. The van der Waals surface area contributed by atoms with Gasteiger partial charge in [-0.3, -0.25) is 0 Å². The molecule has 0 heterocycles. The molecule has 0 aromatic heterocycles. The summed E-state index contributed by atoms with van der Waals surface area (Å²) in [7, 11) is -4.13. The van der Waals surface area contributed by atoms with Crippen LogP contribution in [0.25, 0.3) is 0 Å². The number of hydrogen-bond acceptors (Lipinski definition) is 2. The van der Waals surface area contributed by atoms with Crippen molar-refractivity contribution in [2.45, 2.75) is 57.1 Å². The lowest BCUT2D eigenvalue weighted by molar-refractivity contribution is 0.115. The van der Waals surface area contributed by atoms with Crippen molar-refractivity contribution in [2.24, 2.45) is 0 Å². The van der Waals surface area contributed by atoms with Gasteiger partial charge in [-0.2, -0.15) is 0 Å². The molecule has 0 aliphatic carbocycles. The van der Waals surface area contributed by atoms with Gasteiger partial charge in [-0.1, -0.05) is 0 Å². The highest BCUT2D eigenvalue weighted by atomic mass is 32.2. The molecule has 0 unspecified atom stereocenters. The summed E-state index contributed by atoms with van der Waals surface area (Å²) in [6.07, 6.45) is -2.62. The van der Waals surface area contributed by atoms with Crippen LogP contribution in [0.3, 0.4) is 0 Å². The summed E-state index contributed by atoms with van der Waals surface area (Å²) in [6.45, 7) is 8.30. The molecule has 0 amide bonds. The van der Waals surface area contributed by atoms with E-state index in [1.807, 2.05) is 0 Å². The molecule has 0 spiro atoms. The first-order valence-corrected chi connectivity index (χ1v) is 9.42. The van der Waals surface area contributed by atoms with Crippen LogP contribution in [0.15, 0.2) is 0 Å². The fraction of sp³-hybridized carbons (Fsp3) is 1.00. The van der Waals surface area contributed by atoms with Crippen molar-refractivity contribution < 1.29 is 17.8 Å². The van der Waals surface area contributed by atoms with Gasteiger partial charge in [0.15, 0.2) is 8.32 Å². The number of rotatable bonds is 5. The smallest absolute Gasteiger partial charge is 0.254 e. The molecular formula is C9H21F2NO2SSi. The van der Waals surface area contributed by atoms with Crippen molar-refractivity contribution in [1.29, 1.82) is 0 Å². The molecule has 2 N–H and O–H groups in total. The van der Waals surface area contributed by atoms with E-state index in [9.17, 15) is 17.8 Å². The number of nitrogens with one attached hydrogen (secondary N) is 1. The van der Waals surface area contributed by atoms with Crippen LogP contribution in [0.5, 0.6) is 0 Å². The minimum Gasteiger partial charge on any atom is -0.432 e. The van der Waals surface area contributed by atoms with Crippen LogP contribution >= 0.6 is 0 Å². The van der Waals surface area contributed by atoms with E-state index in [1.54, 1.807) is 33.9 Å². The Labute approximate surface area is 99.3 Å². The van der Waals surface area contributed by atoms with Crippen molar-refractivity contribution in [1.82, 2.24) is 4.72 Å². The summed E-state index contributed by atoms with van der Waals surface area (Å²) < 4.78 is 38.9. The Morgan fingerprint density at radius 2 is 1.81 bits per heavy atom. The summed E-state index contributed by atoms with van der Waals surface area (Å²) in [5, 5.41) is 0. The molecule has 98 valence electrons. The Balaban J connectivity index is 4.54. The second kappa shape index (κ2) is 5.66. The zero-order valence-corrected chi connectivity index (χ0v) is 12.2. The first kappa shape index (κ1) is 16.1. The molecule has 0 rings (SSSR count). The maximum Gasteiger partial charge on any atom is 0.254 e. The van der Waals surface area contributed by atoms with E-state index in [-0.39, 0.29) is 6.04 Å². The lowest BCUT2D eigenvalue weighted by atomic mass is 10.3. The quantitative estimate of drug-likeness (QED) is 0.751. The standard InChI is InChI=1S/C9H21F2NO2SSi/c1-9(2,3)15(13)12-7(8(10)11)6-16(4,5)14/h7-8,12,14H,6H2,1-5H3/t7-,15-/m0/s1. The second-order valence-corrected chi connectivity index (χ2v) is 11.5. The third kappa shape index (κ3) is 6.67. The molecule has 0 aromatic carbocycles. The highest BCUT2D eigenvalue weighted by Crippen LogP contribution is 2.17. The van der Waals surface area contributed by atoms with Crippen molar-refractivity contribution in [3.05, 3.63) is 0 Å². The van der Waals surface area contributed by atoms with Gasteiger partial charge in [-0.25, -0.2) is 17.7 Å². The SMILES string of the molecule is CC(C)(C)[S@](=O)N[C@@H](C[Si](C)(C)O)C(F)F. The van der Waals surface area contributed by atoms with Gasteiger partial charge in [0.1, 0.15) is 0 Å².